The molecule has 96 valence electrons. The van der Waals surface area contributed by atoms with Crippen molar-refractivity contribution in [2.24, 2.45) is 0 Å². The zero-order valence-corrected chi connectivity index (χ0v) is 11.1. The highest BCUT2D eigenvalue weighted by atomic mass is 16.3. The van der Waals surface area contributed by atoms with Crippen LogP contribution in [0.3, 0.4) is 0 Å². The minimum Gasteiger partial charge on any atom is -0.389 e. The molecule has 2 aromatic heterocycles. The first kappa shape index (κ1) is 12.8. The van der Waals surface area contributed by atoms with E-state index in [2.05, 4.69) is 30.0 Å². The van der Waals surface area contributed by atoms with Crippen molar-refractivity contribution in [2.75, 3.05) is 0 Å². The second-order valence-corrected chi connectivity index (χ2v) is 4.37. The van der Waals surface area contributed by atoms with Crippen molar-refractivity contribution in [1.29, 1.82) is 0 Å². The number of aliphatic hydroxyl groups is 1. The van der Waals surface area contributed by atoms with Gasteiger partial charge < -0.3 is 5.11 Å². The number of aryl methyl sites for hydroxylation is 2. The van der Waals surface area contributed by atoms with E-state index in [-0.39, 0.29) is 0 Å². The van der Waals surface area contributed by atoms with Crippen molar-refractivity contribution in [1.82, 2.24) is 14.8 Å². The number of aromatic nitrogens is 3. The molecule has 2 aromatic rings. The molecule has 18 heavy (non-hydrogen) atoms. The lowest BCUT2D eigenvalue weighted by molar-refractivity contribution is 0.199. The van der Waals surface area contributed by atoms with E-state index in [0.29, 0.717) is 0 Å². The molecular weight excluding hydrogens is 226 g/mol. The summed E-state index contributed by atoms with van der Waals surface area (Å²) in [5.41, 5.74) is 3.06. The molecule has 0 aliphatic heterocycles. The van der Waals surface area contributed by atoms with Gasteiger partial charge in [0.1, 0.15) is 0 Å². The van der Waals surface area contributed by atoms with Gasteiger partial charge in [-0.25, -0.2) is 9.67 Å². The molecule has 0 aliphatic carbocycles. The summed E-state index contributed by atoms with van der Waals surface area (Å²) in [6.07, 6.45) is 3.05. The van der Waals surface area contributed by atoms with Crippen molar-refractivity contribution in [2.45, 2.75) is 39.7 Å². The zero-order chi connectivity index (χ0) is 13.1. The van der Waals surface area contributed by atoms with E-state index in [1.54, 1.807) is 13.1 Å². The average molecular weight is 245 g/mol. The molecular formula is C14H19N3O. The Hall–Kier alpha value is -1.68. The summed E-state index contributed by atoms with van der Waals surface area (Å²) in [6.45, 7) is 5.94. The van der Waals surface area contributed by atoms with Gasteiger partial charge in [0.05, 0.1) is 11.8 Å². The Bertz CT molecular complexity index is 532. The van der Waals surface area contributed by atoms with Crippen LogP contribution in [0.15, 0.2) is 24.4 Å². The summed E-state index contributed by atoms with van der Waals surface area (Å²) >= 11 is 0. The number of hydrogen-bond acceptors (Lipinski definition) is 3. The van der Waals surface area contributed by atoms with Gasteiger partial charge in [0.25, 0.3) is 0 Å². The molecule has 1 atom stereocenters. The largest absolute Gasteiger partial charge is 0.389 e. The predicted molar refractivity (Wildman–Crippen MR) is 70.7 cm³/mol. The minimum atomic E-state index is -0.488. The van der Waals surface area contributed by atoms with Crippen molar-refractivity contribution in [3.63, 3.8) is 0 Å². The topological polar surface area (TPSA) is 50.9 Å². The second-order valence-electron chi connectivity index (χ2n) is 4.37. The van der Waals surface area contributed by atoms with Gasteiger partial charge in [-0.15, -0.1) is 0 Å². The van der Waals surface area contributed by atoms with Crippen LogP contribution in [0.25, 0.3) is 5.82 Å². The van der Waals surface area contributed by atoms with Crippen LogP contribution in [-0.2, 0) is 12.8 Å². The van der Waals surface area contributed by atoms with Crippen LogP contribution in [0.5, 0.6) is 0 Å². The van der Waals surface area contributed by atoms with Crippen LogP contribution in [0.1, 0.15) is 43.8 Å². The Balaban J connectivity index is 2.47. The maximum absolute atomic E-state index is 9.62. The number of rotatable bonds is 4. The summed E-state index contributed by atoms with van der Waals surface area (Å²) < 4.78 is 1.87. The van der Waals surface area contributed by atoms with E-state index in [0.717, 1.165) is 35.6 Å². The van der Waals surface area contributed by atoms with Gasteiger partial charge in [-0.1, -0.05) is 13.8 Å². The molecule has 0 amide bonds. The van der Waals surface area contributed by atoms with Crippen LogP contribution in [0, 0.1) is 0 Å². The van der Waals surface area contributed by atoms with E-state index in [1.807, 2.05) is 16.8 Å². The van der Waals surface area contributed by atoms with E-state index in [1.165, 1.54) is 0 Å². The number of aliphatic hydroxyl groups excluding tert-OH is 1. The molecule has 0 bridgehead atoms. The first-order valence-corrected chi connectivity index (χ1v) is 6.37. The maximum atomic E-state index is 9.62. The van der Waals surface area contributed by atoms with Crippen LogP contribution < -0.4 is 0 Å². The van der Waals surface area contributed by atoms with Crippen molar-refractivity contribution >= 4 is 0 Å². The monoisotopic (exact) mass is 245 g/mol. The first-order valence-electron chi connectivity index (χ1n) is 6.37. The number of nitrogens with zero attached hydrogens (tertiary/aromatic N) is 3. The first-order chi connectivity index (χ1) is 8.65. The summed E-state index contributed by atoms with van der Waals surface area (Å²) in [7, 11) is 0. The van der Waals surface area contributed by atoms with Gasteiger partial charge in [0.15, 0.2) is 5.82 Å². The molecule has 2 rings (SSSR count). The minimum absolute atomic E-state index is 0.488. The van der Waals surface area contributed by atoms with Gasteiger partial charge in [0.2, 0.25) is 0 Å². The second kappa shape index (κ2) is 5.31. The fraction of sp³-hybridized carbons (Fsp3) is 0.429. The van der Waals surface area contributed by atoms with Crippen molar-refractivity contribution < 1.29 is 5.11 Å². The molecule has 0 radical (unpaired) electrons. The van der Waals surface area contributed by atoms with Gasteiger partial charge in [-0.05, 0) is 43.5 Å². The third-order valence-corrected chi connectivity index (χ3v) is 3.03. The number of pyridine rings is 1. The summed E-state index contributed by atoms with van der Waals surface area (Å²) in [5, 5.41) is 14.2. The standard InChI is InChI=1S/C14H19N3O/c1-4-12-9-13(5-2)17(16-12)14-8-11(10(3)18)6-7-15-14/h6-10,18H,4-5H2,1-3H3/t10-/m0/s1. The lowest BCUT2D eigenvalue weighted by atomic mass is 10.2. The molecule has 1 N–H and O–H groups in total. The Labute approximate surface area is 107 Å². The van der Waals surface area contributed by atoms with E-state index in [4.69, 9.17) is 0 Å². The quantitative estimate of drug-likeness (QED) is 0.900. The highest BCUT2D eigenvalue weighted by Crippen LogP contribution is 2.17. The fourth-order valence-corrected chi connectivity index (χ4v) is 1.91. The molecule has 0 aliphatic rings. The predicted octanol–water partition coefficient (Wildman–Crippen LogP) is 2.45. The van der Waals surface area contributed by atoms with Gasteiger partial charge >= 0.3 is 0 Å². The molecule has 0 saturated carbocycles. The Morgan fingerprint density at radius 3 is 2.67 bits per heavy atom. The lowest BCUT2D eigenvalue weighted by Gasteiger charge is -2.08. The third-order valence-electron chi connectivity index (χ3n) is 3.03. The molecule has 0 unspecified atom stereocenters. The average Bonchev–Trinajstić information content (AvgIpc) is 2.82. The van der Waals surface area contributed by atoms with E-state index >= 15 is 0 Å². The van der Waals surface area contributed by atoms with Crippen molar-refractivity contribution in [3.05, 3.63) is 41.3 Å². The Kier molecular flexibility index (Phi) is 3.77. The highest BCUT2D eigenvalue weighted by molar-refractivity contribution is 5.31. The van der Waals surface area contributed by atoms with E-state index < -0.39 is 6.10 Å². The normalized spacial score (nSPS) is 12.7. The zero-order valence-electron chi connectivity index (χ0n) is 11.1. The maximum Gasteiger partial charge on any atom is 0.153 e. The third kappa shape index (κ3) is 2.43. The molecule has 0 spiro atoms. The molecule has 0 saturated heterocycles. The van der Waals surface area contributed by atoms with Gasteiger partial charge in [0, 0.05) is 11.9 Å². The van der Waals surface area contributed by atoms with Crippen LogP contribution in [-0.4, -0.2) is 19.9 Å². The lowest BCUT2D eigenvalue weighted by Crippen LogP contribution is -2.05. The highest BCUT2D eigenvalue weighted by Gasteiger charge is 2.10. The smallest absolute Gasteiger partial charge is 0.153 e. The van der Waals surface area contributed by atoms with Crippen LogP contribution >= 0.6 is 0 Å². The summed E-state index contributed by atoms with van der Waals surface area (Å²) in [4.78, 5) is 4.34. The summed E-state index contributed by atoms with van der Waals surface area (Å²) in [6, 6.07) is 5.82. The van der Waals surface area contributed by atoms with Crippen LogP contribution in [0.2, 0.25) is 0 Å². The number of hydrogen-bond donors (Lipinski definition) is 1. The summed E-state index contributed by atoms with van der Waals surface area (Å²) in [5.74, 6) is 0.768. The Morgan fingerprint density at radius 2 is 2.06 bits per heavy atom. The van der Waals surface area contributed by atoms with Crippen molar-refractivity contribution in [3.8, 4) is 5.82 Å². The molecule has 2 heterocycles. The van der Waals surface area contributed by atoms with Gasteiger partial charge in [-0.2, -0.15) is 5.10 Å². The Morgan fingerprint density at radius 1 is 1.28 bits per heavy atom. The van der Waals surface area contributed by atoms with Crippen LogP contribution in [0.4, 0.5) is 0 Å². The molecule has 4 heteroatoms. The fourth-order valence-electron chi connectivity index (χ4n) is 1.91. The van der Waals surface area contributed by atoms with E-state index in [9.17, 15) is 5.11 Å². The molecule has 4 nitrogen and oxygen atoms in total. The SMILES string of the molecule is CCc1cc(CC)n(-c2cc([C@H](C)O)ccn2)n1. The molecule has 0 aromatic carbocycles. The van der Waals surface area contributed by atoms with Gasteiger partial charge in [-0.3, -0.25) is 0 Å². The molecule has 0 fully saturated rings.